The molecule has 1 rings (SSSR count). The summed E-state index contributed by atoms with van der Waals surface area (Å²) < 4.78 is 16.0. The Balaban J connectivity index is 2.69. The van der Waals surface area contributed by atoms with Crippen molar-refractivity contribution in [3.05, 3.63) is 29.3 Å². The summed E-state index contributed by atoms with van der Waals surface area (Å²) in [5.74, 6) is 3.24. The summed E-state index contributed by atoms with van der Waals surface area (Å²) >= 11 is 0. The average Bonchev–Trinajstić information content (AvgIpc) is 2.48. The molecule has 5 nitrogen and oxygen atoms in total. The molecule has 0 bridgehead atoms. The van der Waals surface area contributed by atoms with E-state index in [1.807, 2.05) is 32.9 Å². The maximum Gasteiger partial charge on any atom is 0.407 e. The maximum atomic E-state index is 11.7. The Bertz CT molecular complexity index is 555. The Morgan fingerprint density at radius 3 is 2.65 bits per heavy atom. The lowest BCUT2D eigenvalue weighted by atomic mass is 10.1. The lowest BCUT2D eigenvalue weighted by molar-refractivity contribution is 0.0523. The Morgan fingerprint density at radius 2 is 2.04 bits per heavy atom. The number of carbonyl (C=O) groups is 1. The normalized spacial score (nSPS) is 10.7. The summed E-state index contributed by atoms with van der Waals surface area (Å²) in [6.07, 6.45) is 5.73. The number of methoxy groups -OCH3 is 1. The van der Waals surface area contributed by atoms with Crippen molar-refractivity contribution in [1.82, 2.24) is 5.32 Å². The second kappa shape index (κ2) is 9.06. The number of rotatable bonds is 7. The standard InChI is InChI=1S/C18H25NO4/c1-6-14-8-9-15(13-19-17(20)23-18(2,3)4)16(12-14)22-11-7-10-21-5/h1,8-9,12H,7,10-11,13H2,2-5H3,(H,19,20). The molecule has 0 spiro atoms. The smallest absolute Gasteiger partial charge is 0.407 e. The number of carbonyl (C=O) groups excluding carboxylic acids is 1. The van der Waals surface area contributed by atoms with Crippen LogP contribution in [0.4, 0.5) is 4.79 Å². The first-order valence-corrected chi connectivity index (χ1v) is 7.54. The van der Waals surface area contributed by atoms with Crippen LogP contribution >= 0.6 is 0 Å². The lowest BCUT2D eigenvalue weighted by Gasteiger charge is -2.20. The van der Waals surface area contributed by atoms with Crippen molar-refractivity contribution in [2.45, 2.75) is 39.3 Å². The third kappa shape index (κ3) is 7.57. The van der Waals surface area contributed by atoms with Crippen molar-refractivity contribution in [3.8, 4) is 18.1 Å². The Hall–Kier alpha value is -2.19. The molecule has 0 atom stereocenters. The van der Waals surface area contributed by atoms with Crippen LogP contribution in [0.3, 0.4) is 0 Å². The lowest BCUT2D eigenvalue weighted by Crippen LogP contribution is -2.32. The van der Waals surface area contributed by atoms with E-state index in [4.69, 9.17) is 20.6 Å². The van der Waals surface area contributed by atoms with E-state index >= 15 is 0 Å². The molecule has 1 amide bonds. The minimum absolute atomic E-state index is 0.305. The monoisotopic (exact) mass is 319 g/mol. The molecule has 5 heteroatoms. The van der Waals surface area contributed by atoms with Crippen LogP contribution in [0.5, 0.6) is 5.75 Å². The van der Waals surface area contributed by atoms with Gasteiger partial charge in [0.15, 0.2) is 0 Å². The second-order valence-electron chi connectivity index (χ2n) is 6.02. The molecule has 1 aromatic rings. The second-order valence-corrected chi connectivity index (χ2v) is 6.02. The molecular formula is C18H25NO4. The van der Waals surface area contributed by atoms with Gasteiger partial charge in [-0.25, -0.2) is 4.79 Å². The van der Waals surface area contributed by atoms with E-state index in [2.05, 4.69) is 11.2 Å². The average molecular weight is 319 g/mol. The molecule has 0 aliphatic carbocycles. The largest absolute Gasteiger partial charge is 0.493 e. The van der Waals surface area contributed by atoms with Gasteiger partial charge in [0.25, 0.3) is 0 Å². The first-order valence-electron chi connectivity index (χ1n) is 7.54. The number of benzene rings is 1. The van der Waals surface area contributed by atoms with Gasteiger partial charge in [0.2, 0.25) is 0 Å². The molecule has 0 aliphatic heterocycles. The van der Waals surface area contributed by atoms with Crippen LogP contribution in [0.25, 0.3) is 0 Å². The Kier molecular flexibility index (Phi) is 7.43. The van der Waals surface area contributed by atoms with Crippen LogP contribution in [-0.4, -0.2) is 32.0 Å². The molecule has 0 radical (unpaired) electrons. The maximum absolute atomic E-state index is 11.7. The van der Waals surface area contributed by atoms with Crippen molar-refractivity contribution < 1.29 is 19.0 Å². The van der Waals surface area contributed by atoms with E-state index < -0.39 is 11.7 Å². The quantitative estimate of drug-likeness (QED) is 0.620. The van der Waals surface area contributed by atoms with Gasteiger partial charge >= 0.3 is 6.09 Å². The third-order valence-corrected chi connectivity index (χ3v) is 2.81. The summed E-state index contributed by atoms with van der Waals surface area (Å²) in [6.45, 7) is 6.90. The van der Waals surface area contributed by atoms with Gasteiger partial charge in [-0.1, -0.05) is 12.0 Å². The van der Waals surface area contributed by atoms with Crippen molar-refractivity contribution in [2.75, 3.05) is 20.3 Å². The first kappa shape index (κ1) is 18.9. The highest BCUT2D eigenvalue weighted by atomic mass is 16.6. The minimum atomic E-state index is -0.531. The zero-order valence-electron chi connectivity index (χ0n) is 14.3. The fourth-order valence-corrected chi connectivity index (χ4v) is 1.79. The molecular weight excluding hydrogens is 294 g/mol. The predicted octanol–water partition coefficient (Wildman–Crippen LogP) is 3.11. The summed E-state index contributed by atoms with van der Waals surface area (Å²) in [6, 6.07) is 5.45. The van der Waals surface area contributed by atoms with E-state index in [0.717, 1.165) is 17.5 Å². The van der Waals surface area contributed by atoms with E-state index in [-0.39, 0.29) is 0 Å². The number of hydrogen-bond donors (Lipinski definition) is 1. The van der Waals surface area contributed by atoms with Crippen LogP contribution in [0.1, 0.15) is 38.3 Å². The van der Waals surface area contributed by atoms with Crippen LogP contribution < -0.4 is 10.1 Å². The summed E-state index contributed by atoms with van der Waals surface area (Å²) in [7, 11) is 1.65. The van der Waals surface area contributed by atoms with E-state index in [1.165, 1.54) is 0 Å². The summed E-state index contributed by atoms with van der Waals surface area (Å²) in [5, 5.41) is 2.72. The zero-order chi connectivity index (χ0) is 17.3. The topological polar surface area (TPSA) is 56.8 Å². The van der Waals surface area contributed by atoms with Gasteiger partial charge < -0.3 is 19.5 Å². The van der Waals surface area contributed by atoms with Crippen molar-refractivity contribution >= 4 is 6.09 Å². The molecule has 0 aliphatic rings. The van der Waals surface area contributed by atoms with Gasteiger partial charge in [0, 0.05) is 37.8 Å². The highest BCUT2D eigenvalue weighted by molar-refractivity contribution is 5.67. The van der Waals surface area contributed by atoms with E-state index in [1.54, 1.807) is 13.2 Å². The molecule has 23 heavy (non-hydrogen) atoms. The van der Waals surface area contributed by atoms with E-state index in [9.17, 15) is 4.79 Å². The van der Waals surface area contributed by atoms with Crippen LogP contribution in [0, 0.1) is 12.3 Å². The molecule has 126 valence electrons. The van der Waals surface area contributed by atoms with Gasteiger partial charge in [-0.05, 0) is 32.9 Å². The molecule has 0 unspecified atom stereocenters. The summed E-state index contributed by atoms with van der Waals surface area (Å²) in [5.41, 5.74) is 1.04. The molecule has 0 aromatic heterocycles. The SMILES string of the molecule is C#Cc1ccc(CNC(=O)OC(C)(C)C)c(OCCCOC)c1. The molecule has 1 N–H and O–H groups in total. The molecule has 0 heterocycles. The Morgan fingerprint density at radius 1 is 1.30 bits per heavy atom. The fraction of sp³-hybridized carbons (Fsp3) is 0.500. The molecule has 0 fully saturated rings. The van der Waals surface area contributed by atoms with Crippen LogP contribution in [0.2, 0.25) is 0 Å². The first-order chi connectivity index (χ1) is 10.9. The summed E-state index contributed by atoms with van der Waals surface area (Å²) in [4.78, 5) is 11.7. The number of hydrogen-bond acceptors (Lipinski definition) is 4. The van der Waals surface area contributed by atoms with Crippen LogP contribution in [0.15, 0.2) is 18.2 Å². The molecule has 1 aromatic carbocycles. The number of ether oxygens (including phenoxy) is 3. The number of amides is 1. The fourth-order valence-electron chi connectivity index (χ4n) is 1.79. The van der Waals surface area contributed by atoms with Crippen molar-refractivity contribution in [1.29, 1.82) is 0 Å². The van der Waals surface area contributed by atoms with Gasteiger partial charge in [0.05, 0.1) is 6.61 Å². The van der Waals surface area contributed by atoms with Crippen LogP contribution in [-0.2, 0) is 16.0 Å². The molecule has 0 saturated carbocycles. The minimum Gasteiger partial charge on any atom is -0.493 e. The Labute approximate surface area is 138 Å². The highest BCUT2D eigenvalue weighted by Gasteiger charge is 2.16. The zero-order valence-corrected chi connectivity index (χ0v) is 14.3. The number of terminal acetylenes is 1. The number of nitrogens with one attached hydrogen (secondary N) is 1. The predicted molar refractivity (Wildman–Crippen MR) is 89.4 cm³/mol. The van der Waals surface area contributed by atoms with Gasteiger partial charge in [-0.15, -0.1) is 6.42 Å². The van der Waals surface area contributed by atoms with Crippen molar-refractivity contribution in [3.63, 3.8) is 0 Å². The van der Waals surface area contributed by atoms with Gasteiger partial charge in [-0.3, -0.25) is 0 Å². The number of alkyl carbamates (subject to hydrolysis) is 1. The third-order valence-electron chi connectivity index (χ3n) is 2.81. The highest BCUT2D eigenvalue weighted by Crippen LogP contribution is 2.21. The van der Waals surface area contributed by atoms with Gasteiger partial charge in [-0.2, -0.15) is 0 Å². The molecule has 0 saturated heterocycles. The van der Waals surface area contributed by atoms with Gasteiger partial charge in [0.1, 0.15) is 11.4 Å². The van der Waals surface area contributed by atoms with Crippen molar-refractivity contribution in [2.24, 2.45) is 0 Å². The van der Waals surface area contributed by atoms with E-state index in [0.29, 0.717) is 25.5 Å².